The molecule has 2 atom stereocenters. The second-order valence-corrected chi connectivity index (χ2v) is 13.4. The second-order valence-electron chi connectivity index (χ2n) is 11.1. The molecule has 0 bridgehead atoms. The molecule has 4 rings (SSSR count). The Bertz CT molecular complexity index is 1650. The highest BCUT2D eigenvalue weighted by Gasteiger charge is 2.23. The van der Waals surface area contributed by atoms with Crippen molar-refractivity contribution in [2.45, 2.75) is 54.4 Å². The van der Waals surface area contributed by atoms with Crippen molar-refractivity contribution < 1.29 is 19.0 Å². The Morgan fingerprint density at radius 3 is 1.62 bits per heavy atom. The summed E-state index contributed by atoms with van der Waals surface area (Å²) in [7, 11) is -3.39. The van der Waals surface area contributed by atoms with Crippen LogP contribution in [0, 0.1) is 41.5 Å². The minimum absolute atomic E-state index is 0.00175. The van der Waals surface area contributed by atoms with Crippen LogP contribution in [0.25, 0.3) is 0 Å². The highest BCUT2D eigenvalue weighted by molar-refractivity contribution is 7.65. The summed E-state index contributed by atoms with van der Waals surface area (Å²) in [6.45, 7) is 15.4. The molecule has 0 saturated carbocycles. The van der Waals surface area contributed by atoms with E-state index in [1.54, 1.807) is 24.3 Å². The molecule has 0 radical (unpaired) electrons. The Kier molecular flexibility index (Phi) is 8.17. The van der Waals surface area contributed by atoms with Crippen LogP contribution >= 0.6 is 7.37 Å². The fraction of sp³-hybridized carbons (Fsp3) is 0.257. The number of aryl methyl sites for hydroxylation is 5. The van der Waals surface area contributed by atoms with E-state index in [2.05, 4.69) is 19.9 Å². The smallest absolute Gasteiger partial charge is 0.226 e. The van der Waals surface area contributed by atoms with E-state index < -0.39 is 7.37 Å². The summed E-state index contributed by atoms with van der Waals surface area (Å²) in [5.41, 5.74) is 10.7. The highest BCUT2D eigenvalue weighted by atomic mass is 31.2. The molecule has 0 fully saturated rings. The normalized spacial score (nSPS) is 13.5. The van der Waals surface area contributed by atoms with Crippen LogP contribution in [0.4, 0.5) is 0 Å². The third-order valence-electron chi connectivity index (χ3n) is 7.88. The molecule has 1 N–H and O–H groups in total. The minimum Gasteiger partial charge on any atom is -0.341 e. The van der Waals surface area contributed by atoms with Crippen LogP contribution in [0.1, 0.15) is 89.2 Å². The van der Waals surface area contributed by atoms with E-state index in [-0.39, 0.29) is 17.5 Å². The van der Waals surface area contributed by atoms with E-state index in [9.17, 15) is 19.0 Å². The van der Waals surface area contributed by atoms with E-state index >= 15 is 0 Å². The first-order chi connectivity index (χ1) is 18.7. The minimum atomic E-state index is -3.39. The average Bonchev–Trinajstić information content (AvgIpc) is 2.87. The van der Waals surface area contributed by atoms with Gasteiger partial charge >= 0.3 is 0 Å². The molecule has 0 aromatic heterocycles. The van der Waals surface area contributed by atoms with Crippen LogP contribution < -0.4 is 5.30 Å². The lowest BCUT2D eigenvalue weighted by molar-refractivity contribution is 0.102. The summed E-state index contributed by atoms with van der Waals surface area (Å²) in [6.07, 6.45) is 0. The van der Waals surface area contributed by atoms with E-state index in [1.165, 1.54) is 6.66 Å². The molecule has 40 heavy (non-hydrogen) atoms. The van der Waals surface area contributed by atoms with E-state index in [0.29, 0.717) is 22.0 Å². The molecule has 5 heteroatoms. The van der Waals surface area contributed by atoms with Gasteiger partial charge in [-0.1, -0.05) is 67.1 Å². The molecule has 0 amide bonds. The molecule has 0 aliphatic heterocycles. The lowest BCUT2D eigenvalue weighted by atomic mass is 9.81. The fourth-order valence-corrected chi connectivity index (χ4v) is 6.72. The van der Waals surface area contributed by atoms with Crippen LogP contribution in [-0.4, -0.2) is 23.1 Å². The van der Waals surface area contributed by atoms with Gasteiger partial charge in [0.15, 0.2) is 11.6 Å². The standard InChI is InChI=1S/C35H37O4P/c1-20-17-21(2)31(22(3)18-20)34(36)28-11-9-27(10-12-28)25(6)32-23(4)19-24(5)33(26(32)7)35(37)29-13-15-30(16-14-29)40(8,38)39/h9-19,25H,1-8H3,(H,38,39). The third kappa shape index (κ3) is 5.66. The van der Waals surface area contributed by atoms with Crippen LogP contribution in [0.2, 0.25) is 0 Å². The van der Waals surface area contributed by atoms with Crippen LogP contribution in [0.5, 0.6) is 0 Å². The van der Waals surface area contributed by atoms with Crippen molar-refractivity contribution in [3.63, 3.8) is 0 Å². The maximum atomic E-state index is 13.6. The molecular formula is C35H37O4P. The number of hydrogen-bond acceptors (Lipinski definition) is 3. The zero-order chi connectivity index (χ0) is 29.5. The van der Waals surface area contributed by atoms with Gasteiger partial charge in [0, 0.05) is 40.1 Å². The van der Waals surface area contributed by atoms with Gasteiger partial charge in [-0.25, -0.2) is 0 Å². The Morgan fingerprint density at radius 1 is 0.675 bits per heavy atom. The number of benzene rings is 4. The lowest BCUT2D eigenvalue weighted by Gasteiger charge is -2.22. The van der Waals surface area contributed by atoms with E-state index in [1.807, 2.05) is 71.0 Å². The van der Waals surface area contributed by atoms with Crippen molar-refractivity contribution in [1.82, 2.24) is 0 Å². The molecule has 206 valence electrons. The summed E-state index contributed by atoms with van der Waals surface area (Å²) in [4.78, 5) is 36.8. The largest absolute Gasteiger partial charge is 0.341 e. The molecule has 4 aromatic carbocycles. The zero-order valence-corrected chi connectivity index (χ0v) is 25.4. The quantitative estimate of drug-likeness (QED) is 0.189. The van der Waals surface area contributed by atoms with Gasteiger partial charge < -0.3 is 4.89 Å². The van der Waals surface area contributed by atoms with E-state index in [0.717, 1.165) is 50.1 Å². The SMILES string of the molecule is Cc1cc(C)c(C(=O)c2ccc(C(C)c3c(C)cc(C)c(C(=O)c4ccc(P(C)(=O)O)cc4)c3C)cc2)c(C)c1. The number of carbonyl (C=O) groups is 2. The number of hydrogen-bond donors (Lipinski definition) is 1. The van der Waals surface area contributed by atoms with Crippen molar-refractivity contribution in [3.05, 3.63) is 133 Å². The first kappa shape index (κ1) is 29.4. The first-order valence-corrected chi connectivity index (χ1v) is 15.6. The van der Waals surface area contributed by atoms with Crippen LogP contribution in [0.3, 0.4) is 0 Å². The Morgan fingerprint density at radius 2 is 1.12 bits per heavy atom. The third-order valence-corrected chi connectivity index (χ3v) is 9.13. The van der Waals surface area contributed by atoms with Gasteiger partial charge in [0.1, 0.15) is 0 Å². The average molecular weight is 553 g/mol. The molecule has 0 heterocycles. The Hall–Kier alpha value is -3.59. The van der Waals surface area contributed by atoms with Crippen molar-refractivity contribution in [2.75, 3.05) is 6.66 Å². The fourth-order valence-electron chi connectivity index (χ4n) is 6.02. The summed E-state index contributed by atoms with van der Waals surface area (Å²) in [6, 6.07) is 20.3. The summed E-state index contributed by atoms with van der Waals surface area (Å²) >= 11 is 0. The number of rotatable bonds is 7. The van der Waals surface area contributed by atoms with E-state index in [4.69, 9.17) is 0 Å². The van der Waals surface area contributed by atoms with Gasteiger partial charge in [0.2, 0.25) is 7.37 Å². The molecular weight excluding hydrogens is 515 g/mol. The maximum Gasteiger partial charge on any atom is 0.226 e. The van der Waals surface area contributed by atoms with Crippen molar-refractivity contribution in [3.8, 4) is 0 Å². The van der Waals surface area contributed by atoms with Gasteiger partial charge in [-0.05, 0) is 92.6 Å². The predicted molar refractivity (Wildman–Crippen MR) is 164 cm³/mol. The van der Waals surface area contributed by atoms with Gasteiger partial charge in [0.05, 0.1) is 0 Å². The topological polar surface area (TPSA) is 71.4 Å². The Labute approximate surface area is 237 Å². The number of carbonyl (C=O) groups excluding carboxylic acids is 2. The molecule has 0 aliphatic rings. The zero-order valence-electron chi connectivity index (χ0n) is 24.5. The summed E-state index contributed by atoms with van der Waals surface area (Å²) in [5, 5.41) is 0.324. The molecule has 0 aliphatic carbocycles. The predicted octanol–water partition coefficient (Wildman–Crippen LogP) is 7.68. The summed E-state index contributed by atoms with van der Waals surface area (Å²) < 4.78 is 12.0. The van der Waals surface area contributed by atoms with Gasteiger partial charge in [-0.15, -0.1) is 0 Å². The summed E-state index contributed by atoms with van der Waals surface area (Å²) in [5.74, 6) is -0.0815. The maximum absolute atomic E-state index is 13.6. The number of ketones is 2. The van der Waals surface area contributed by atoms with Crippen molar-refractivity contribution in [2.24, 2.45) is 0 Å². The second kappa shape index (κ2) is 11.1. The van der Waals surface area contributed by atoms with Gasteiger partial charge in [0.25, 0.3) is 0 Å². The lowest BCUT2D eigenvalue weighted by Crippen LogP contribution is -2.13. The molecule has 4 aromatic rings. The van der Waals surface area contributed by atoms with Gasteiger partial charge in [-0.3, -0.25) is 14.2 Å². The molecule has 0 spiro atoms. The Balaban J connectivity index is 1.68. The van der Waals surface area contributed by atoms with Crippen molar-refractivity contribution >= 4 is 24.2 Å². The highest BCUT2D eigenvalue weighted by Crippen LogP contribution is 2.36. The van der Waals surface area contributed by atoms with Crippen molar-refractivity contribution in [1.29, 1.82) is 0 Å². The monoisotopic (exact) mass is 552 g/mol. The molecule has 0 saturated heterocycles. The molecule has 2 unspecified atom stereocenters. The van der Waals surface area contributed by atoms with Crippen LogP contribution in [-0.2, 0) is 4.57 Å². The molecule has 4 nitrogen and oxygen atoms in total. The van der Waals surface area contributed by atoms with Crippen LogP contribution in [0.15, 0.2) is 66.7 Å². The first-order valence-electron chi connectivity index (χ1n) is 13.5. The van der Waals surface area contributed by atoms with Gasteiger partial charge in [-0.2, -0.15) is 0 Å².